The molecule has 1 heterocycles. The van der Waals surface area contributed by atoms with Gasteiger partial charge in [0, 0.05) is 43.5 Å². The second-order valence-electron chi connectivity index (χ2n) is 9.28. The van der Waals surface area contributed by atoms with E-state index in [1.54, 1.807) is 30.3 Å². The molecule has 0 atom stereocenters. The third-order valence-corrected chi connectivity index (χ3v) is 7.41. The van der Waals surface area contributed by atoms with Crippen LogP contribution in [-0.4, -0.2) is 29.6 Å². The lowest BCUT2D eigenvalue weighted by Gasteiger charge is -2.11. The van der Waals surface area contributed by atoms with Gasteiger partial charge in [0.1, 0.15) is 5.75 Å². The van der Waals surface area contributed by atoms with Crippen molar-refractivity contribution in [2.75, 3.05) is 17.2 Å². The van der Waals surface area contributed by atoms with Crippen molar-refractivity contribution in [1.29, 1.82) is 0 Å². The number of hydrogen-bond acceptors (Lipinski definition) is 7. The normalized spacial score (nSPS) is 10.9. The van der Waals surface area contributed by atoms with Crippen molar-refractivity contribution < 1.29 is 14.3 Å². The molecule has 5 aromatic rings. The van der Waals surface area contributed by atoms with E-state index in [0.29, 0.717) is 32.6 Å². The van der Waals surface area contributed by atoms with E-state index in [4.69, 9.17) is 27.9 Å². The first kappa shape index (κ1) is 29.8. The van der Waals surface area contributed by atoms with Crippen LogP contribution in [0.5, 0.6) is 5.75 Å². The molecule has 0 aliphatic rings. The Bertz CT molecular complexity index is 1770. The Kier molecular flexibility index (Phi) is 9.68. The molecule has 0 bridgehead atoms. The first-order chi connectivity index (χ1) is 20.8. The molecule has 2 amide bonds. The van der Waals surface area contributed by atoms with Gasteiger partial charge < -0.3 is 15.4 Å². The van der Waals surface area contributed by atoms with Crippen LogP contribution in [0.4, 0.5) is 16.5 Å². The fourth-order valence-corrected chi connectivity index (χ4v) is 4.98. The van der Waals surface area contributed by atoms with Crippen molar-refractivity contribution >= 4 is 69.1 Å². The van der Waals surface area contributed by atoms with E-state index < -0.39 is 5.91 Å². The number of carbonyl (C=O) groups is 2. The Labute approximate surface area is 262 Å². The Morgan fingerprint density at radius 1 is 0.953 bits per heavy atom. The van der Waals surface area contributed by atoms with E-state index in [-0.39, 0.29) is 12.5 Å². The summed E-state index contributed by atoms with van der Waals surface area (Å²) in [6.07, 6.45) is 1.41. The molecule has 0 aliphatic heterocycles. The van der Waals surface area contributed by atoms with Gasteiger partial charge in [0.05, 0.1) is 11.9 Å². The summed E-state index contributed by atoms with van der Waals surface area (Å²) in [7, 11) is 0. The van der Waals surface area contributed by atoms with E-state index >= 15 is 0 Å². The highest BCUT2D eigenvalue weighted by Gasteiger charge is 2.11. The average molecular weight is 631 g/mol. The zero-order valence-electron chi connectivity index (χ0n) is 22.8. The predicted octanol–water partition coefficient (Wildman–Crippen LogP) is 7.95. The quantitative estimate of drug-likeness (QED) is 0.107. The summed E-state index contributed by atoms with van der Waals surface area (Å²) in [5, 5.41) is 13.9. The maximum Gasteiger partial charge on any atom is 0.271 e. The molecule has 0 aliphatic carbocycles. The maximum absolute atomic E-state index is 12.7. The molecular weight excluding hydrogens is 605 g/mol. The lowest BCUT2D eigenvalue weighted by molar-refractivity contribution is -0.118. The minimum atomic E-state index is -0.395. The molecule has 0 radical (unpaired) electrons. The van der Waals surface area contributed by atoms with Crippen LogP contribution in [0, 0.1) is 6.92 Å². The fourth-order valence-electron chi connectivity index (χ4n) is 3.93. The first-order valence-corrected chi connectivity index (χ1v) is 14.7. The largest absolute Gasteiger partial charge is 0.483 e. The molecule has 1 aromatic heterocycles. The third kappa shape index (κ3) is 8.20. The van der Waals surface area contributed by atoms with Crippen molar-refractivity contribution in [1.82, 2.24) is 10.4 Å². The number of para-hydroxylation sites is 1. The molecule has 43 heavy (non-hydrogen) atoms. The number of halogens is 2. The molecule has 8 nitrogen and oxygen atoms in total. The molecule has 216 valence electrons. The molecular formula is C32H25Cl2N5O3S. The minimum absolute atomic E-state index is 0.215. The number of aromatic nitrogens is 1. The molecule has 3 N–H and O–H groups in total. The number of rotatable bonds is 10. The van der Waals surface area contributed by atoms with Crippen molar-refractivity contribution in [3.05, 3.63) is 123 Å². The van der Waals surface area contributed by atoms with Gasteiger partial charge in [-0.3, -0.25) is 9.59 Å². The molecule has 0 unspecified atom stereocenters. The van der Waals surface area contributed by atoms with Crippen LogP contribution in [-0.2, 0) is 4.79 Å². The summed E-state index contributed by atoms with van der Waals surface area (Å²) in [6.45, 7) is 1.69. The molecule has 0 saturated carbocycles. The number of thiazole rings is 1. The van der Waals surface area contributed by atoms with E-state index in [1.165, 1.54) is 17.6 Å². The van der Waals surface area contributed by atoms with Gasteiger partial charge in [0.25, 0.3) is 11.8 Å². The highest BCUT2D eigenvalue weighted by molar-refractivity contribution is 7.14. The molecule has 0 fully saturated rings. The van der Waals surface area contributed by atoms with E-state index in [2.05, 4.69) is 26.1 Å². The lowest BCUT2D eigenvalue weighted by atomic mass is 10.1. The Balaban J connectivity index is 1.17. The van der Waals surface area contributed by atoms with E-state index in [0.717, 1.165) is 27.6 Å². The highest BCUT2D eigenvalue weighted by Crippen LogP contribution is 2.28. The summed E-state index contributed by atoms with van der Waals surface area (Å²) in [5.74, 6) is -0.316. The number of nitrogens with zero attached hydrogens (tertiary/aromatic N) is 2. The van der Waals surface area contributed by atoms with Gasteiger partial charge in [-0.15, -0.1) is 11.3 Å². The van der Waals surface area contributed by atoms with Crippen molar-refractivity contribution in [2.45, 2.75) is 6.92 Å². The number of aryl methyl sites for hydroxylation is 1. The van der Waals surface area contributed by atoms with Gasteiger partial charge in [0.2, 0.25) is 0 Å². The van der Waals surface area contributed by atoms with Gasteiger partial charge in [-0.25, -0.2) is 10.4 Å². The fraction of sp³-hybridized carbons (Fsp3) is 0.0625. The number of ether oxygens (including phenoxy) is 1. The predicted molar refractivity (Wildman–Crippen MR) is 174 cm³/mol. The number of carbonyl (C=O) groups excluding carboxylic acids is 2. The Morgan fingerprint density at radius 2 is 1.70 bits per heavy atom. The van der Waals surface area contributed by atoms with Gasteiger partial charge in [0.15, 0.2) is 11.7 Å². The number of hydrogen-bond donors (Lipinski definition) is 3. The van der Waals surface area contributed by atoms with Crippen LogP contribution in [0.1, 0.15) is 21.5 Å². The molecule has 0 saturated heterocycles. The van der Waals surface area contributed by atoms with Crippen molar-refractivity contribution in [3.63, 3.8) is 0 Å². The van der Waals surface area contributed by atoms with Gasteiger partial charge in [-0.2, -0.15) is 5.10 Å². The zero-order chi connectivity index (χ0) is 30.2. The second-order valence-corrected chi connectivity index (χ2v) is 11.0. The van der Waals surface area contributed by atoms with Crippen LogP contribution in [0.25, 0.3) is 11.3 Å². The number of benzene rings is 4. The molecule has 11 heteroatoms. The minimum Gasteiger partial charge on any atom is -0.483 e. The van der Waals surface area contributed by atoms with Crippen LogP contribution >= 0.6 is 34.5 Å². The zero-order valence-corrected chi connectivity index (χ0v) is 25.1. The average Bonchev–Trinajstić information content (AvgIpc) is 3.47. The Hall–Kier alpha value is -4.70. The summed E-state index contributed by atoms with van der Waals surface area (Å²) >= 11 is 13.6. The molecule has 0 spiro atoms. The van der Waals surface area contributed by atoms with Gasteiger partial charge in [-0.1, -0.05) is 53.5 Å². The van der Waals surface area contributed by atoms with Crippen LogP contribution in [0.15, 0.2) is 101 Å². The van der Waals surface area contributed by atoms with Gasteiger partial charge >= 0.3 is 0 Å². The van der Waals surface area contributed by atoms with Crippen LogP contribution in [0.3, 0.4) is 0 Å². The summed E-state index contributed by atoms with van der Waals surface area (Å²) in [6, 6.07) is 26.8. The highest BCUT2D eigenvalue weighted by atomic mass is 35.5. The SMILES string of the molecule is Cc1ccccc1NC(=O)COc1ccc(Cl)cc1/C=N\NC(=O)c1ccc(-c2csc(Nc3ccc(Cl)cc3)n2)cc1. The molecule has 4 aromatic carbocycles. The lowest BCUT2D eigenvalue weighted by Crippen LogP contribution is -2.21. The van der Waals surface area contributed by atoms with E-state index in [9.17, 15) is 9.59 Å². The van der Waals surface area contributed by atoms with E-state index in [1.807, 2.05) is 73.0 Å². The number of hydrazone groups is 1. The van der Waals surface area contributed by atoms with Crippen LogP contribution < -0.4 is 20.8 Å². The second kappa shape index (κ2) is 14.0. The number of nitrogens with one attached hydrogen (secondary N) is 3. The standard InChI is InChI=1S/C32H25Cl2N5O3S/c1-20-4-2-3-5-27(20)37-30(40)18-42-29-15-12-25(34)16-23(29)17-35-39-31(41)22-8-6-21(7-9-22)28-19-43-32(38-28)36-26-13-10-24(33)11-14-26/h2-17,19H,18H2,1H3,(H,36,38)(H,37,40)(H,39,41)/b35-17-. The third-order valence-electron chi connectivity index (χ3n) is 6.16. The van der Waals surface area contributed by atoms with Crippen molar-refractivity contribution in [2.24, 2.45) is 5.10 Å². The first-order valence-electron chi connectivity index (χ1n) is 13.0. The Morgan fingerprint density at radius 3 is 2.47 bits per heavy atom. The number of amides is 2. The smallest absolute Gasteiger partial charge is 0.271 e. The van der Waals surface area contributed by atoms with Crippen LogP contribution in [0.2, 0.25) is 10.0 Å². The maximum atomic E-state index is 12.7. The summed E-state index contributed by atoms with van der Waals surface area (Å²) in [5.41, 5.74) is 7.63. The van der Waals surface area contributed by atoms with Crippen molar-refractivity contribution in [3.8, 4) is 17.0 Å². The molecule has 5 rings (SSSR count). The monoisotopic (exact) mass is 629 g/mol. The van der Waals surface area contributed by atoms with Gasteiger partial charge in [-0.05, 0) is 73.2 Å². The topological polar surface area (TPSA) is 105 Å². The summed E-state index contributed by atoms with van der Waals surface area (Å²) < 4.78 is 5.71. The number of anilines is 3. The summed E-state index contributed by atoms with van der Waals surface area (Å²) in [4.78, 5) is 29.8.